The lowest BCUT2D eigenvalue weighted by Crippen LogP contribution is -2.22. The molecule has 2 nitrogen and oxygen atoms in total. The number of aryl methyl sites for hydroxylation is 2. The number of ether oxygens (including phenoxy) is 1. The summed E-state index contributed by atoms with van der Waals surface area (Å²) in [6, 6.07) is 11.1. The van der Waals surface area contributed by atoms with E-state index in [0.29, 0.717) is 0 Å². The van der Waals surface area contributed by atoms with Gasteiger partial charge in [0.2, 0.25) is 0 Å². The Bertz CT molecular complexity index is 604. The largest absolute Gasteiger partial charge is 0.496 e. The van der Waals surface area contributed by atoms with E-state index in [4.69, 9.17) is 4.74 Å². The zero-order valence-corrected chi connectivity index (χ0v) is 13.0. The fraction of sp³-hybridized carbons (Fsp3) is 0.333. The van der Waals surface area contributed by atoms with Crippen LogP contribution in [0.1, 0.15) is 35.2 Å². The first kappa shape index (κ1) is 15.5. The Balaban J connectivity index is 2.52. The summed E-state index contributed by atoms with van der Waals surface area (Å²) in [6.07, 6.45) is 0. The maximum absolute atomic E-state index is 13.7. The van der Waals surface area contributed by atoms with Crippen molar-refractivity contribution in [1.29, 1.82) is 0 Å². The van der Waals surface area contributed by atoms with Crippen LogP contribution in [0.3, 0.4) is 0 Å². The van der Waals surface area contributed by atoms with Crippen LogP contribution in [-0.4, -0.2) is 13.7 Å². The first-order valence-corrected chi connectivity index (χ1v) is 7.20. The fourth-order valence-electron chi connectivity index (χ4n) is 2.60. The highest BCUT2D eigenvalue weighted by Crippen LogP contribution is 2.31. The van der Waals surface area contributed by atoms with E-state index in [1.807, 2.05) is 45.0 Å². The highest BCUT2D eigenvalue weighted by molar-refractivity contribution is 5.44. The molecule has 0 saturated heterocycles. The Labute approximate surface area is 126 Å². The van der Waals surface area contributed by atoms with Crippen molar-refractivity contribution in [2.24, 2.45) is 0 Å². The van der Waals surface area contributed by atoms with Gasteiger partial charge >= 0.3 is 0 Å². The number of rotatable bonds is 5. The van der Waals surface area contributed by atoms with Gasteiger partial charge in [0.15, 0.2) is 0 Å². The van der Waals surface area contributed by atoms with Crippen molar-refractivity contribution >= 4 is 0 Å². The van der Waals surface area contributed by atoms with Crippen LogP contribution in [0.5, 0.6) is 5.75 Å². The highest BCUT2D eigenvalue weighted by atomic mass is 19.1. The molecule has 2 aromatic rings. The quantitative estimate of drug-likeness (QED) is 0.892. The summed E-state index contributed by atoms with van der Waals surface area (Å²) >= 11 is 0. The summed E-state index contributed by atoms with van der Waals surface area (Å²) < 4.78 is 19.2. The maximum atomic E-state index is 13.7. The Morgan fingerprint density at radius 1 is 1.10 bits per heavy atom. The molecule has 1 unspecified atom stereocenters. The van der Waals surface area contributed by atoms with Crippen molar-refractivity contribution in [3.8, 4) is 5.75 Å². The Hall–Kier alpha value is -1.87. The van der Waals surface area contributed by atoms with Gasteiger partial charge in [0.05, 0.1) is 13.2 Å². The molecule has 3 heteroatoms. The summed E-state index contributed by atoms with van der Waals surface area (Å²) in [5, 5.41) is 3.42. The lowest BCUT2D eigenvalue weighted by Gasteiger charge is -2.22. The normalized spacial score (nSPS) is 12.2. The van der Waals surface area contributed by atoms with E-state index in [1.54, 1.807) is 19.2 Å². The molecule has 0 fully saturated rings. The molecule has 1 N–H and O–H groups in total. The number of halogens is 1. The van der Waals surface area contributed by atoms with Gasteiger partial charge in [-0.2, -0.15) is 0 Å². The van der Waals surface area contributed by atoms with Crippen LogP contribution >= 0.6 is 0 Å². The molecule has 0 radical (unpaired) electrons. The van der Waals surface area contributed by atoms with Crippen LogP contribution in [0.2, 0.25) is 0 Å². The Kier molecular flexibility index (Phi) is 4.97. The van der Waals surface area contributed by atoms with Crippen LogP contribution in [0, 0.1) is 19.7 Å². The number of hydrogen-bond donors (Lipinski definition) is 1. The van der Waals surface area contributed by atoms with E-state index in [1.165, 1.54) is 0 Å². The molecule has 21 heavy (non-hydrogen) atoms. The minimum Gasteiger partial charge on any atom is -0.496 e. The average Bonchev–Trinajstić information content (AvgIpc) is 2.44. The van der Waals surface area contributed by atoms with Crippen molar-refractivity contribution in [2.45, 2.75) is 26.8 Å². The lowest BCUT2D eigenvalue weighted by atomic mass is 9.95. The van der Waals surface area contributed by atoms with E-state index in [2.05, 4.69) is 5.32 Å². The molecule has 2 aromatic carbocycles. The van der Waals surface area contributed by atoms with E-state index in [-0.39, 0.29) is 11.9 Å². The van der Waals surface area contributed by atoms with Gasteiger partial charge in [-0.05, 0) is 55.3 Å². The molecule has 0 aliphatic rings. The van der Waals surface area contributed by atoms with Gasteiger partial charge in [0.25, 0.3) is 0 Å². The number of methoxy groups -OCH3 is 1. The third kappa shape index (κ3) is 3.61. The lowest BCUT2D eigenvalue weighted by molar-refractivity contribution is 0.404. The number of hydrogen-bond acceptors (Lipinski definition) is 2. The minimum absolute atomic E-state index is 0.0834. The smallest absolute Gasteiger partial charge is 0.124 e. The predicted octanol–water partition coefficient (Wildman–Crippen LogP) is 4.15. The van der Waals surface area contributed by atoms with Crippen molar-refractivity contribution in [1.82, 2.24) is 5.32 Å². The van der Waals surface area contributed by atoms with Gasteiger partial charge in [0, 0.05) is 5.56 Å². The molecule has 2 rings (SSSR count). The van der Waals surface area contributed by atoms with Crippen LogP contribution in [0.4, 0.5) is 4.39 Å². The SMILES string of the molecule is CCNC(c1cc(C)cc(F)c1)c1ccc(C)cc1OC. The van der Waals surface area contributed by atoms with Crippen LogP contribution in [0.25, 0.3) is 0 Å². The van der Waals surface area contributed by atoms with Crippen LogP contribution in [0.15, 0.2) is 36.4 Å². The van der Waals surface area contributed by atoms with Gasteiger partial charge < -0.3 is 10.1 Å². The van der Waals surface area contributed by atoms with Gasteiger partial charge in [-0.3, -0.25) is 0 Å². The maximum Gasteiger partial charge on any atom is 0.124 e. The molecule has 0 saturated carbocycles. The standard InChI is InChI=1S/C18H22FNO/c1-5-20-18(14-8-13(3)9-15(19)11-14)16-7-6-12(2)10-17(16)21-4/h6-11,18,20H,5H2,1-4H3. The van der Waals surface area contributed by atoms with Crippen LogP contribution < -0.4 is 10.1 Å². The molecule has 0 spiro atoms. The van der Waals surface area contributed by atoms with E-state index in [9.17, 15) is 4.39 Å². The molecule has 0 heterocycles. The zero-order valence-electron chi connectivity index (χ0n) is 13.0. The second-order valence-electron chi connectivity index (χ2n) is 5.30. The molecule has 0 amide bonds. The second-order valence-corrected chi connectivity index (χ2v) is 5.30. The summed E-state index contributed by atoms with van der Waals surface area (Å²) in [5.74, 6) is 0.613. The molecule has 1 atom stereocenters. The van der Waals surface area contributed by atoms with E-state index < -0.39 is 0 Å². The second kappa shape index (κ2) is 6.72. The van der Waals surface area contributed by atoms with E-state index >= 15 is 0 Å². The number of benzene rings is 2. The summed E-state index contributed by atoms with van der Waals surface area (Å²) in [4.78, 5) is 0. The monoisotopic (exact) mass is 287 g/mol. The van der Waals surface area contributed by atoms with Crippen molar-refractivity contribution < 1.29 is 9.13 Å². The molecular formula is C18H22FNO. The van der Waals surface area contributed by atoms with Gasteiger partial charge in [-0.1, -0.05) is 25.1 Å². The highest BCUT2D eigenvalue weighted by Gasteiger charge is 2.18. The van der Waals surface area contributed by atoms with Gasteiger partial charge in [-0.25, -0.2) is 4.39 Å². The molecule has 0 aliphatic carbocycles. The molecule has 0 bridgehead atoms. The first-order valence-electron chi connectivity index (χ1n) is 7.20. The van der Waals surface area contributed by atoms with Crippen molar-refractivity contribution in [3.63, 3.8) is 0 Å². The van der Waals surface area contributed by atoms with Crippen molar-refractivity contribution in [3.05, 3.63) is 64.5 Å². The zero-order chi connectivity index (χ0) is 15.4. The molecular weight excluding hydrogens is 265 g/mol. The Morgan fingerprint density at radius 3 is 2.48 bits per heavy atom. The molecule has 0 aromatic heterocycles. The molecule has 112 valence electrons. The third-order valence-electron chi connectivity index (χ3n) is 3.51. The number of nitrogens with one attached hydrogen (secondary N) is 1. The van der Waals surface area contributed by atoms with E-state index in [0.717, 1.165) is 34.5 Å². The van der Waals surface area contributed by atoms with Crippen molar-refractivity contribution in [2.75, 3.05) is 13.7 Å². The predicted molar refractivity (Wildman–Crippen MR) is 84.4 cm³/mol. The topological polar surface area (TPSA) is 21.3 Å². The van der Waals surface area contributed by atoms with Gasteiger partial charge in [-0.15, -0.1) is 0 Å². The molecule has 0 aliphatic heterocycles. The summed E-state index contributed by atoms with van der Waals surface area (Å²) in [5.41, 5.74) is 3.99. The van der Waals surface area contributed by atoms with Crippen LogP contribution in [-0.2, 0) is 0 Å². The Morgan fingerprint density at radius 2 is 1.86 bits per heavy atom. The summed E-state index contributed by atoms with van der Waals surface area (Å²) in [7, 11) is 1.66. The summed E-state index contributed by atoms with van der Waals surface area (Å²) in [6.45, 7) is 6.76. The average molecular weight is 287 g/mol. The first-order chi connectivity index (χ1) is 10.0. The minimum atomic E-state index is -0.209. The van der Waals surface area contributed by atoms with Gasteiger partial charge in [0.1, 0.15) is 11.6 Å². The third-order valence-corrected chi connectivity index (χ3v) is 3.51. The fourth-order valence-corrected chi connectivity index (χ4v) is 2.60.